The van der Waals surface area contributed by atoms with Crippen molar-refractivity contribution >= 4 is 39.6 Å². The smallest absolute Gasteiger partial charge is 0.269 e. The van der Waals surface area contributed by atoms with Crippen LogP contribution in [-0.4, -0.2) is 28.2 Å². The van der Waals surface area contributed by atoms with Gasteiger partial charge < -0.3 is 14.0 Å². The summed E-state index contributed by atoms with van der Waals surface area (Å²) in [5.74, 6) is 0.646. The lowest BCUT2D eigenvalue weighted by Gasteiger charge is -2.14. The lowest BCUT2D eigenvalue weighted by Crippen LogP contribution is -2.25. The number of carbonyl (C=O) groups excluding carboxylic acids is 1. The van der Waals surface area contributed by atoms with Crippen molar-refractivity contribution in [1.29, 1.82) is 0 Å². The minimum Gasteiger partial charge on any atom is -0.490 e. The SMILES string of the molecule is CCOc1cc(/C=N/NC(=O)Cn2c3ccccc3c(=O)c3ccccc32)ccc1OCc1ccc([N+](=O)[O-])cc1. The Hall–Kier alpha value is -5.51. The second kappa shape index (κ2) is 12.1. The lowest BCUT2D eigenvalue weighted by molar-refractivity contribution is -0.384. The average molecular weight is 551 g/mol. The van der Waals surface area contributed by atoms with Crippen LogP contribution in [0.4, 0.5) is 5.69 Å². The van der Waals surface area contributed by atoms with Crippen LogP contribution in [0.3, 0.4) is 0 Å². The van der Waals surface area contributed by atoms with Crippen molar-refractivity contribution in [1.82, 2.24) is 9.99 Å². The minimum absolute atomic E-state index is 0.0140. The van der Waals surface area contributed by atoms with Gasteiger partial charge in [-0.3, -0.25) is 19.7 Å². The van der Waals surface area contributed by atoms with Crippen LogP contribution in [0.25, 0.3) is 21.8 Å². The molecule has 1 heterocycles. The molecule has 1 aromatic heterocycles. The third-order valence-corrected chi connectivity index (χ3v) is 6.39. The molecule has 0 atom stereocenters. The summed E-state index contributed by atoms with van der Waals surface area (Å²) in [4.78, 5) is 36.2. The van der Waals surface area contributed by atoms with Crippen molar-refractivity contribution in [3.05, 3.63) is 122 Å². The van der Waals surface area contributed by atoms with Gasteiger partial charge in [-0.25, -0.2) is 5.43 Å². The summed E-state index contributed by atoms with van der Waals surface area (Å²) in [6.45, 7) is 2.44. The molecule has 0 fully saturated rings. The fourth-order valence-electron chi connectivity index (χ4n) is 4.47. The van der Waals surface area contributed by atoms with Crippen LogP contribution >= 0.6 is 0 Å². The molecule has 4 aromatic carbocycles. The molecule has 0 saturated heterocycles. The summed E-state index contributed by atoms with van der Waals surface area (Å²) in [7, 11) is 0. The third-order valence-electron chi connectivity index (χ3n) is 6.39. The zero-order valence-electron chi connectivity index (χ0n) is 22.2. The molecule has 5 rings (SSSR count). The molecule has 1 N–H and O–H groups in total. The number of para-hydroxylation sites is 2. The van der Waals surface area contributed by atoms with E-state index in [4.69, 9.17) is 9.47 Å². The maximum atomic E-state index is 12.9. The molecule has 0 aliphatic heterocycles. The number of nitro benzene ring substituents is 1. The summed E-state index contributed by atoms with van der Waals surface area (Å²) < 4.78 is 13.4. The largest absolute Gasteiger partial charge is 0.490 e. The van der Waals surface area contributed by atoms with Gasteiger partial charge in [-0.05, 0) is 72.6 Å². The highest BCUT2D eigenvalue weighted by Gasteiger charge is 2.13. The van der Waals surface area contributed by atoms with Crippen molar-refractivity contribution in [3.8, 4) is 11.5 Å². The molecule has 41 heavy (non-hydrogen) atoms. The highest BCUT2D eigenvalue weighted by atomic mass is 16.6. The second-order valence-corrected chi connectivity index (χ2v) is 9.09. The number of nitro groups is 1. The molecular weight excluding hydrogens is 524 g/mol. The first kappa shape index (κ1) is 27.1. The zero-order valence-corrected chi connectivity index (χ0v) is 22.2. The van der Waals surface area contributed by atoms with Crippen LogP contribution < -0.4 is 20.3 Å². The molecule has 206 valence electrons. The topological polar surface area (TPSA) is 125 Å². The Labute approximate surface area is 234 Å². The molecule has 1 amide bonds. The Balaban J connectivity index is 1.28. The van der Waals surface area contributed by atoms with Crippen molar-refractivity contribution in [2.45, 2.75) is 20.1 Å². The van der Waals surface area contributed by atoms with Crippen LogP contribution in [-0.2, 0) is 17.9 Å². The number of ether oxygens (including phenoxy) is 2. The number of amides is 1. The minimum atomic E-state index is -0.450. The normalized spacial score (nSPS) is 11.1. The molecule has 0 aliphatic rings. The number of hydrogen-bond acceptors (Lipinski definition) is 7. The predicted octanol–water partition coefficient (Wildman–Crippen LogP) is 5.19. The van der Waals surface area contributed by atoms with E-state index in [0.717, 1.165) is 5.56 Å². The number of fused-ring (bicyclic) bond motifs is 2. The summed E-state index contributed by atoms with van der Waals surface area (Å²) in [6.07, 6.45) is 1.50. The van der Waals surface area contributed by atoms with Gasteiger partial charge in [0.2, 0.25) is 0 Å². The van der Waals surface area contributed by atoms with E-state index in [2.05, 4.69) is 10.5 Å². The summed E-state index contributed by atoms with van der Waals surface area (Å²) >= 11 is 0. The summed E-state index contributed by atoms with van der Waals surface area (Å²) in [5, 5.41) is 16.1. The standard InChI is InChI=1S/C31H26N4O6/c1-2-40-29-17-22(13-16-28(29)41-20-21-11-14-23(15-12-21)35(38)39)18-32-33-30(36)19-34-26-9-5-3-7-24(26)31(37)25-8-4-6-10-27(25)34/h3-18H,2,19-20H2,1H3,(H,33,36)/b32-18+. The highest BCUT2D eigenvalue weighted by Crippen LogP contribution is 2.29. The van der Waals surface area contributed by atoms with E-state index in [1.807, 2.05) is 31.2 Å². The van der Waals surface area contributed by atoms with Gasteiger partial charge in [0, 0.05) is 22.9 Å². The Bertz CT molecular complexity index is 1770. The Morgan fingerprint density at radius 2 is 1.59 bits per heavy atom. The molecule has 0 spiro atoms. The molecule has 0 radical (unpaired) electrons. The first-order valence-corrected chi connectivity index (χ1v) is 12.9. The number of benzene rings is 4. The van der Waals surface area contributed by atoms with Gasteiger partial charge in [0.1, 0.15) is 13.2 Å². The van der Waals surface area contributed by atoms with E-state index in [-0.39, 0.29) is 30.2 Å². The first-order chi connectivity index (χ1) is 19.9. The molecular formula is C31H26N4O6. The monoisotopic (exact) mass is 550 g/mol. The second-order valence-electron chi connectivity index (χ2n) is 9.09. The van der Waals surface area contributed by atoms with E-state index in [0.29, 0.717) is 45.5 Å². The van der Waals surface area contributed by atoms with Crippen LogP contribution in [0.15, 0.2) is 101 Å². The van der Waals surface area contributed by atoms with Crippen molar-refractivity contribution in [2.75, 3.05) is 6.61 Å². The van der Waals surface area contributed by atoms with Gasteiger partial charge in [-0.2, -0.15) is 5.10 Å². The van der Waals surface area contributed by atoms with Gasteiger partial charge in [-0.1, -0.05) is 24.3 Å². The van der Waals surface area contributed by atoms with E-state index < -0.39 is 4.92 Å². The van der Waals surface area contributed by atoms with E-state index in [9.17, 15) is 19.7 Å². The van der Waals surface area contributed by atoms with Crippen LogP contribution in [0, 0.1) is 10.1 Å². The Morgan fingerprint density at radius 3 is 2.22 bits per heavy atom. The van der Waals surface area contributed by atoms with Crippen LogP contribution in [0.1, 0.15) is 18.1 Å². The number of non-ortho nitro benzene ring substituents is 1. The fourth-order valence-corrected chi connectivity index (χ4v) is 4.47. The van der Waals surface area contributed by atoms with Crippen molar-refractivity contribution in [2.24, 2.45) is 5.10 Å². The van der Waals surface area contributed by atoms with Gasteiger partial charge in [0.15, 0.2) is 16.9 Å². The van der Waals surface area contributed by atoms with Gasteiger partial charge in [0.05, 0.1) is 28.8 Å². The number of nitrogens with zero attached hydrogens (tertiary/aromatic N) is 3. The predicted molar refractivity (Wildman–Crippen MR) is 156 cm³/mol. The van der Waals surface area contributed by atoms with Gasteiger partial charge in [0.25, 0.3) is 11.6 Å². The summed E-state index contributed by atoms with van der Waals surface area (Å²) in [6, 6.07) is 25.8. The Kier molecular flexibility index (Phi) is 8.00. The lowest BCUT2D eigenvalue weighted by atomic mass is 10.1. The average Bonchev–Trinajstić information content (AvgIpc) is 2.99. The summed E-state index contributed by atoms with van der Waals surface area (Å²) in [5.41, 5.74) is 5.29. The van der Waals surface area contributed by atoms with E-state index >= 15 is 0 Å². The number of carbonyl (C=O) groups is 1. The first-order valence-electron chi connectivity index (χ1n) is 12.9. The molecule has 0 saturated carbocycles. The third kappa shape index (κ3) is 6.06. The molecule has 5 aromatic rings. The number of hydrogen-bond donors (Lipinski definition) is 1. The highest BCUT2D eigenvalue weighted by molar-refractivity contribution is 5.95. The van der Waals surface area contributed by atoms with Crippen LogP contribution in [0.5, 0.6) is 11.5 Å². The maximum absolute atomic E-state index is 12.9. The molecule has 0 unspecified atom stereocenters. The molecule has 10 heteroatoms. The zero-order chi connectivity index (χ0) is 28.8. The number of hydrazone groups is 1. The van der Waals surface area contributed by atoms with Crippen molar-refractivity contribution < 1.29 is 19.2 Å². The van der Waals surface area contributed by atoms with Gasteiger partial charge in [-0.15, -0.1) is 0 Å². The van der Waals surface area contributed by atoms with Crippen LogP contribution in [0.2, 0.25) is 0 Å². The fraction of sp³-hybridized carbons (Fsp3) is 0.129. The number of nitrogens with one attached hydrogen (secondary N) is 1. The van der Waals surface area contributed by atoms with Crippen molar-refractivity contribution in [3.63, 3.8) is 0 Å². The number of pyridine rings is 1. The van der Waals surface area contributed by atoms with E-state index in [1.54, 1.807) is 59.2 Å². The molecule has 0 aliphatic carbocycles. The van der Waals surface area contributed by atoms with E-state index in [1.165, 1.54) is 18.3 Å². The maximum Gasteiger partial charge on any atom is 0.269 e. The number of aromatic nitrogens is 1. The molecule has 0 bridgehead atoms. The Morgan fingerprint density at radius 1 is 0.927 bits per heavy atom. The molecule has 10 nitrogen and oxygen atoms in total. The quantitative estimate of drug-likeness (QED) is 0.110. The number of rotatable bonds is 10. The van der Waals surface area contributed by atoms with Gasteiger partial charge >= 0.3 is 0 Å².